The zero-order valence-electron chi connectivity index (χ0n) is 13.4. The van der Waals surface area contributed by atoms with Gasteiger partial charge in [0.1, 0.15) is 5.75 Å². The van der Waals surface area contributed by atoms with E-state index in [0.29, 0.717) is 15.7 Å². The minimum absolute atomic E-state index is 0.0272. The van der Waals surface area contributed by atoms with Crippen molar-refractivity contribution in [2.45, 2.75) is 0 Å². The Hall–Kier alpha value is -3.19. The van der Waals surface area contributed by atoms with Gasteiger partial charge in [0.15, 0.2) is 0 Å². The fourth-order valence-corrected chi connectivity index (χ4v) is 2.75. The number of fused-ring (bicyclic) bond motifs is 1. The number of aromatic hydroxyl groups is 1. The summed E-state index contributed by atoms with van der Waals surface area (Å²) in [5, 5.41) is 18.0. The van der Waals surface area contributed by atoms with Crippen LogP contribution in [0.15, 0.2) is 70.2 Å². The lowest BCUT2D eigenvalue weighted by Gasteiger charge is -2.06. The Morgan fingerprint density at radius 1 is 0.962 bits per heavy atom. The van der Waals surface area contributed by atoms with Crippen molar-refractivity contribution in [1.82, 2.24) is 5.43 Å². The molecule has 0 aliphatic rings. The third kappa shape index (κ3) is 3.89. The normalized spacial score (nSPS) is 10.8. The number of benzene rings is 3. The zero-order valence-corrected chi connectivity index (χ0v) is 15.0. The van der Waals surface area contributed by atoms with Crippen molar-refractivity contribution in [3.63, 3.8) is 0 Å². The average molecular weight is 412 g/mol. The quantitative estimate of drug-likeness (QED) is 0.350. The first-order chi connectivity index (χ1) is 12.6. The molecule has 3 N–H and O–H groups in total. The summed E-state index contributed by atoms with van der Waals surface area (Å²) in [4.78, 5) is 23.8. The van der Waals surface area contributed by atoms with Crippen molar-refractivity contribution >= 4 is 50.4 Å². The van der Waals surface area contributed by atoms with E-state index in [1.54, 1.807) is 36.4 Å². The fourth-order valence-electron chi connectivity index (χ4n) is 2.37. The summed E-state index contributed by atoms with van der Waals surface area (Å²) in [6.07, 6.45) is 1.31. The van der Waals surface area contributed by atoms with E-state index in [9.17, 15) is 14.7 Å². The lowest BCUT2D eigenvalue weighted by molar-refractivity contribution is -0.136. The van der Waals surface area contributed by atoms with Gasteiger partial charge in [-0.15, -0.1) is 0 Å². The Bertz CT molecular complexity index is 1020. The van der Waals surface area contributed by atoms with Gasteiger partial charge in [-0.05, 0) is 44.9 Å². The van der Waals surface area contributed by atoms with Gasteiger partial charge in [0.25, 0.3) is 0 Å². The summed E-state index contributed by atoms with van der Waals surface area (Å²) in [5.74, 6) is -1.74. The lowest BCUT2D eigenvalue weighted by atomic mass is 10.0. The molecule has 0 heterocycles. The Morgan fingerprint density at radius 3 is 2.50 bits per heavy atom. The average Bonchev–Trinajstić information content (AvgIpc) is 2.65. The van der Waals surface area contributed by atoms with Crippen LogP contribution >= 0.6 is 15.9 Å². The number of anilines is 1. The van der Waals surface area contributed by atoms with Gasteiger partial charge in [-0.2, -0.15) is 5.10 Å². The topological polar surface area (TPSA) is 90.8 Å². The first-order valence-electron chi connectivity index (χ1n) is 7.66. The number of halogens is 1. The third-order valence-electron chi connectivity index (χ3n) is 3.64. The molecule has 0 fully saturated rings. The van der Waals surface area contributed by atoms with E-state index in [1.165, 1.54) is 6.21 Å². The van der Waals surface area contributed by atoms with Crippen LogP contribution in [-0.4, -0.2) is 23.1 Å². The second-order valence-corrected chi connectivity index (χ2v) is 6.21. The van der Waals surface area contributed by atoms with Gasteiger partial charge in [-0.3, -0.25) is 9.59 Å². The lowest BCUT2D eigenvalue weighted by Crippen LogP contribution is -2.32. The number of nitrogens with one attached hydrogen (secondary N) is 2. The van der Waals surface area contributed by atoms with Crippen LogP contribution in [0, 0.1) is 0 Å². The highest BCUT2D eigenvalue weighted by atomic mass is 79.9. The standard InChI is InChI=1S/C19H14BrN3O3/c20-15-7-3-4-8-16(15)22-18(25)19(26)23-21-11-14-13-6-2-1-5-12(13)9-10-17(14)24/h1-11,24H,(H,22,25)(H,23,26). The number of amides is 2. The van der Waals surface area contributed by atoms with Gasteiger partial charge in [0.05, 0.1) is 11.9 Å². The molecule has 3 rings (SSSR count). The van der Waals surface area contributed by atoms with E-state index < -0.39 is 11.8 Å². The van der Waals surface area contributed by atoms with Crippen LogP contribution in [0.4, 0.5) is 5.69 Å². The van der Waals surface area contributed by atoms with Crippen molar-refractivity contribution in [2.24, 2.45) is 5.10 Å². The molecule has 130 valence electrons. The van der Waals surface area contributed by atoms with Gasteiger partial charge in [0.2, 0.25) is 0 Å². The molecule has 26 heavy (non-hydrogen) atoms. The number of para-hydroxylation sites is 1. The molecule has 0 aliphatic carbocycles. The van der Waals surface area contributed by atoms with Crippen LogP contribution in [0.3, 0.4) is 0 Å². The molecule has 0 unspecified atom stereocenters. The molecular formula is C19H14BrN3O3. The molecule has 2 amide bonds. The number of rotatable bonds is 3. The fraction of sp³-hybridized carbons (Fsp3) is 0. The monoisotopic (exact) mass is 411 g/mol. The number of hydrazone groups is 1. The molecule has 0 saturated carbocycles. The minimum Gasteiger partial charge on any atom is -0.507 e. The number of hydrogen-bond acceptors (Lipinski definition) is 4. The highest BCUT2D eigenvalue weighted by molar-refractivity contribution is 9.10. The van der Waals surface area contributed by atoms with E-state index in [0.717, 1.165) is 10.8 Å². The van der Waals surface area contributed by atoms with E-state index in [2.05, 4.69) is 31.8 Å². The van der Waals surface area contributed by atoms with Crippen molar-refractivity contribution in [3.05, 3.63) is 70.7 Å². The summed E-state index contributed by atoms with van der Waals surface area (Å²) in [6.45, 7) is 0. The molecule has 0 aliphatic heterocycles. The second-order valence-electron chi connectivity index (χ2n) is 5.35. The highest BCUT2D eigenvalue weighted by Gasteiger charge is 2.14. The number of hydrogen-bond donors (Lipinski definition) is 3. The molecule has 7 heteroatoms. The second kappa shape index (κ2) is 7.79. The Kier molecular flexibility index (Phi) is 5.28. The number of carbonyl (C=O) groups excluding carboxylic acids is 2. The van der Waals surface area contributed by atoms with Crippen molar-refractivity contribution in [2.75, 3.05) is 5.32 Å². The Labute approximate surface area is 157 Å². The molecule has 3 aromatic rings. The third-order valence-corrected chi connectivity index (χ3v) is 4.33. The summed E-state index contributed by atoms with van der Waals surface area (Å²) >= 11 is 3.28. The minimum atomic E-state index is -0.920. The number of nitrogens with zero attached hydrogens (tertiary/aromatic N) is 1. The van der Waals surface area contributed by atoms with Crippen molar-refractivity contribution in [1.29, 1.82) is 0 Å². The highest BCUT2D eigenvalue weighted by Crippen LogP contribution is 2.25. The maximum atomic E-state index is 11.9. The molecule has 3 aromatic carbocycles. The van der Waals surface area contributed by atoms with E-state index in [4.69, 9.17) is 0 Å². The van der Waals surface area contributed by atoms with E-state index in [1.807, 2.05) is 24.3 Å². The van der Waals surface area contributed by atoms with Crippen LogP contribution in [0.1, 0.15) is 5.56 Å². The Balaban J connectivity index is 1.71. The summed E-state index contributed by atoms with van der Waals surface area (Å²) in [7, 11) is 0. The SMILES string of the molecule is O=C(NN=Cc1c(O)ccc2ccccc12)C(=O)Nc1ccccc1Br. The molecule has 0 atom stereocenters. The smallest absolute Gasteiger partial charge is 0.329 e. The number of phenolic OH excluding ortho intramolecular Hbond substituents is 1. The van der Waals surface area contributed by atoms with Gasteiger partial charge in [0, 0.05) is 10.0 Å². The van der Waals surface area contributed by atoms with Gasteiger partial charge >= 0.3 is 11.8 Å². The predicted octanol–water partition coefficient (Wildman–Crippen LogP) is 3.40. The molecule has 0 spiro atoms. The van der Waals surface area contributed by atoms with Crippen LogP contribution < -0.4 is 10.7 Å². The predicted molar refractivity (Wildman–Crippen MR) is 104 cm³/mol. The van der Waals surface area contributed by atoms with Gasteiger partial charge < -0.3 is 10.4 Å². The van der Waals surface area contributed by atoms with Crippen LogP contribution in [0.5, 0.6) is 5.75 Å². The molecular weight excluding hydrogens is 398 g/mol. The summed E-state index contributed by atoms with van der Waals surface area (Å²) < 4.78 is 0.658. The molecule has 0 aromatic heterocycles. The van der Waals surface area contributed by atoms with Gasteiger partial charge in [-0.25, -0.2) is 5.43 Å². The van der Waals surface area contributed by atoms with Crippen molar-refractivity contribution in [3.8, 4) is 5.75 Å². The number of carbonyl (C=O) groups is 2. The van der Waals surface area contributed by atoms with Crippen molar-refractivity contribution < 1.29 is 14.7 Å². The van der Waals surface area contributed by atoms with E-state index >= 15 is 0 Å². The zero-order chi connectivity index (χ0) is 18.5. The maximum Gasteiger partial charge on any atom is 0.329 e. The largest absolute Gasteiger partial charge is 0.507 e. The summed E-state index contributed by atoms with van der Waals surface area (Å²) in [5.41, 5.74) is 3.08. The molecule has 0 saturated heterocycles. The number of phenols is 1. The molecule has 6 nitrogen and oxygen atoms in total. The van der Waals surface area contributed by atoms with Crippen LogP contribution in [0.25, 0.3) is 10.8 Å². The Morgan fingerprint density at radius 2 is 1.69 bits per heavy atom. The van der Waals surface area contributed by atoms with Crippen LogP contribution in [0.2, 0.25) is 0 Å². The maximum absolute atomic E-state index is 11.9. The first-order valence-corrected chi connectivity index (χ1v) is 8.45. The van der Waals surface area contributed by atoms with E-state index in [-0.39, 0.29) is 5.75 Å². The molecule has 0 bridgehead atoms. The van der Waals surface area contributed by atoms with Crippen LogP contribution in [-0.2, 0) is 9.59 Å². The summed E-state index contributed by atoms with van der Waals surface area (Å²) in [6, 6.07) is 17.7. The molecule has 0 radical (unpaired) electrons. The van der Waals surface area contributed by atoms with Gasteiger partial charge in [-0.1, -0.05) is 42.5 Å². The first kappa shape index (κ1) is 17.6.